The molecule has 2 N–H and O–H groups in total. The Hall–Kier alpha value is -1.95. The predicted octanol–water partition coefficient (Wildman–Crippen LogP) is 2.67. The minimum atomic E-state index is -0.784. The van der Waals surface area contributed by atoms with Crippen molar-refractivity contribution in [3.63, 3.8) is 0 Å². The number of terminal acetylenes is 1. The maximum Gasteiger partial charge on any atom is 0.405 e. The second kappa shape index (κ2) is 5.40. The predicted molar refractivity (Wildman–Crippen MR) is 67.4 cm³/mol. The van der Waals surface area contributed by atoms with E-state index in [0.717, 1.165) is 5.56 Å². The molecule has 0 aliphatic carbocycles. The molecule has 0 heterocycles. The summed E-state index contributed by atoms with van der Waals surface area (Å²) in [6, 6.07) is 9.72. The van der Waals surface area contributed by atoms with Gasteiger partial charge in [0, 0.05) is 12.3 Å². The van der Waals surface area contributed by atoms with E-state index in [9.17, 15) is 4.79 Å². The molecule has 0 aromatic heterocycles. The lowest BCUT2D eigenvalue weighted by molar-refractivity contribution is 0.0248. The summed E-state index contributed by atoms with van der Waals surface area (Å²) in [5.74, 6) is 2.55. The summed E-state index contributed by atoms with van der Waals surface area (Å²) in [6.45, 7) is 3.62. The molecule has 0 bridgehead atoms. The first-order valence-electron chi connectivity index (χ1n) is 5.44. The summed E-state index contributed by atoms with van der Waals surface area (Å²) in [4.78, 5) is 10.9. The first-order valence-corrected chi connectivity index (χ1v) is 5.44. The largest absolute Gasteiger partial charge is 0.443 e. The van der Waals surface area contributed by atoms with Crippen LogP contribution in [0.2, 0.25) is 0 Å². The van der Waals surface area contributed by atoms with E-state index in [0.29, 0.717) is 6.42 Å². The number of primary amides is 1. The molecule has 3 heteroatoms. The summed E-state index contributed by atoms with van der Waals surface area (Å²) in [5.41, 5.74) is 5.39. The molecule has 0 saturated carbocycles. The third-order valence-corrected chi connectivity index (χ3v) is 2.73. The number of rotatable bonds is 4. The van der Waals surface area contributed by atoms with Crippen molar-refractivity contribution in [1.29, 1.82) is 0 Å². The van der Waals surface area contributed by atoms with Crippen LogP contribution < -0.4 is 5.73 Å². The van der Waals surface area contributed by atoms with Gasteiger partial charge in [0.1, 0.15) is 5.60 Å². The van der Waals surface area contributed by atoms with Crippen LogP contribution in [-0.4, -0.2) is 11.7 Å². The molecule has 0 aliphatic heterocycles. The zero-order valence-corrected chi connectivity index (χ0v) is 10.1. The summed E-state index contributed by atoms with van der Waals surface area (Å²) in [5, 5.41) is 0. The van der Waals surface area contributed by atoms with Gasteiger partial charge in [0.15, 0.2) is 0 Å². The number of nitrogens with two attached hydrogens (primary N) is 1. The summed E-state index contributed by atoms with van der Waals surface area (Å²) >= 11 is 0. The summed E-state index contributed by atoms with van der Waals surface area (Å²) < 4.78 is 5.15. The van der Waals surface area contributed by atoms with Gasteiger partial charge in [-0.25, -0.2) is 4.79 Å². The molecule has 1 unspecified atom stereocenters. The van der Waals surface area contributed by atoms with Gasteiger partial charge in [-0.05, 0) is 19.4 Å². The number of hydrogen-bond donors (Lipinski definition) is 1. The lowest BCUT2D eigenvalue weighted by Crippen LogP contribution is -2.37. The van der Waals surface area contributed by atoms with Crippen LogP contribution in [0.25, 0.3) is 0 Å². The fraction of sp³-hybridized carbons (Fsp3) is 0.357. The van der Waals surface area contributed by atoms with Crippen molar-refractivity contribution in [3.05, 3.63) is 35.9 Å². The highest BCUT2D eigenvalue weighted by Gasteiger charge is 2.33. The van der Waals surface area contributed by atoms with E-state index in [1.165, 1.54) is 0 Å². The van der Waals surface area contributed by atoms with Crippen LogP contribution in [0.4, 0.5) is 4.79 Å². The van der Waals surface area contributed by atoms with Crippen molar-refractivity contribution in [2.24, 2.45) is 5.73 Å². The van der Waals surface area contributed by atoms with E-state index in [1.807, 2.05) is 44.2 Å². The molecular weight excluding hydrogens is 214 g/mol. The van der Waals surface area contributed by atoms with Gasteiger partial charge in [-0.2, -0.15) is 0 Å². The molecule has 0 saturated heterocycles. The molecule has 0 radical (unpaired) electrons. The molecule has 1 aromatic rings. The molecule has 1 rings (SSSR count). The molecule has 0 fully saturated rings. The van der Waals surface area contributed by atoms with Crippen LogP contribution in [-0.2, 0) is 4.74 Å². The number of benzene rings is 1. The van der Waals surface area contributed by atoms with Crippen molar-refractivity contribution in [1.82, 2.24) is 0 Å². The molecule has 90 valence electrons. The molecule has 1 amide bonds. The van der Waals surface area contributed by atoms with Crippen molar-refractivity contribution >= 4 is 6.09 Å². The second-order valence-corrected chi connectivity index (χ2v) is 4.40. The number of amides is 1. The average Bonchev–Trinajstić information content (AvgIpc) is 2.25. The zero-order chi connectivity index (χ0) is 12.9. The molecule has 0 spiro atoms. The van der Waals surface area contributed by atoms with E-state index < -0.39 is 11.7 Å². The lowest BCUT2D eigenvalue weighted by atomic mass is 9.82. The Labute approximate surface area is 102 Å². The van der Waals surface area contributed by atoms with Gasteiger partial charge in [-0.1, -0.05) is 30.3 Å². The van der Waals surface area contributed by atoms with Crippen LogP contribution >= 0.6 is 0 Å². The summed E-state index contributed by atoms with van der Waals surface area (Å²) in [6.07, 6.45) is 5.08. The van der Waals surface area contributed by atoms with Crippen molar-refractivity contribution in [3.8, 4) is 12.3 Å². The molecule has 1 atom stereocenters. The van der Waals surface area contributed by atoms with E-state index in [-0.39, 0.29) is 5.92 Å². The quantitative estimate of drug-likeness (QED) is 0.810. The van der Waals surface area contributed by atoms with Gasteiger partial charge < -0.3 is 10.5 Å². The average molecular weight is 231 g/mol. The Morgan fingerprint density at radius 2 is 2.06 bits per heavy atom. The van der Waals surface area contributed by atoms with Gasteiger partial charge in [0.05, 0.1) is 0 Å². The highest BCUT2D eigenvalue weighted by molar-refractivity contribution is 5.65. The van der Waals surface area contributed by atoms with E-state index >= 15 is 0 Å². The number of hydrogen-bond acceptors (Lipinski definition) is 2. The fourth-order valence-corrected chi connectivity index (χ4v) is 1.90. The van der Waals surface area contributed by atoms with Gasteiger partial charge in [-0.15, -0.1) is 12.3 Å². The van der Waals surface area contributed by atoms with Crippen molar-refractivity contribution in [2.75, 3.05) is 0 Å². The second-order valence-electron chi connectivity index (χ2n) is 4.40. The highest BCUT2D eigenvalue weighted by atomic mass is 16.6. The maximum absolute atomic E-state index is 10.9. The van der Waals surface area contributed by atoms with Crippen molar-refractivity contribution in [2.45, 2.75) is 31.8 Å². The number of ether oxygens (including phenoxy) is 1. The molecule has 1 aromatic carbocycles. The first kappa shape index (κ1) is 13.1. The van der Waals surface area contributed by atoms with Gasteiger partial charge in [0.2, 0.25) is 0 Å². The molecule has 0 aliphatic rings. The van der Waals surface area contributed by atoms with E-state index in [4.69, 9.17) is 16.9 Å². The molecular formula is C14H17NO2. The lowest BCUT2D eigenvalue weighted by Gasteiger charge is -2.32. The minimum Gasteiger partial charge on any atom is -0.443 e. The molecule has 3 nitrogen and oxygen atoms in total. The number of carbonyl (C=O) groups excluding carboxylic acids is 1. The van der Waals surface area contributed by atoms with Crippen LogP contribution in [0.1, 0.15) is 31.7 Å². The van der Waals surface area contributed by atoms with Crippen LogP contribution in [0.3, 0.4) is 0 Å². The third-order valence-electron chi connectivity index (χ3n) is 2.73. The zero-order valence-electron chi connectivity index (χ0n) is 10.1. The summed E-state index contributed by atoms with van der Waals surface area (Å²) in [7, 11) is 0. The normalized spacial score (nSPS) is 12.5. The van der Waals surface area contributed by atoms with Crippen molar-refractivity contribution < 1.29 is 9.53 Å². The fourth-order valence-electron chi connectivity index (χ4n) is 1.90. The Morgan fingerprint density at radius 1 is 1.47 bits per heavy atom. The van der Waals surface area contributed by atoms with Crippen LogP contribution in [0.15, 0.2) is 30.3 Å². The van der Waals surface area contributed by atoms with E-state index in [2.05, 4.69) is 5.92 Å². The van der Waals surface area contributed by atoms with Gasteiger partial charge in [0.25, 0.3) is 0 Å². The maximum atomic E-state index is 10.9. The van der Waals surface area contributed by atoms with E-state index in [1.54, 1.807) is 0 Å². The monoisotopic (exact) mass is 231 g/mol. The van der Waals surface area contributed by atoms with Crippen LogP contribution in [0, 0.1) is 12.3 Å². The van der Waals surface area contributed by atoms with Gasteiger partial charge in [-0.3, -0.25) is 0 Å². The van der Waals surface area contributed by atoms with Crippen LogP contribution in [0.5, 0.6) is 0 Å². The first-order chi connectivity index (χ1) is 7.97. The SMILES string of the molecule is C#CCC(c1ccccc1)C(C)(C)OC(N)=O. The standard InChI is InChI=1S/C14H17NO2/c1-4-8-12(11-9-6-5-7-10-11)14(2,3)17-13(15)16/h1,5-7,9-10,12H,8H2,2-3H3,(H2,15,16). The Bertz CT molecular complexity index is 418. The smallest absolute Gasteiger partial charge is 0.405 e. The Balaban J connectivity index is 3.01. The third kappa shape index (κ3) is 3.53. The highest BCUT2D eigenvalue weighted by Crippen LogP contribution is 2.33. The number of carbonyl (C=O) groups is 1. The molecule has 17 heavy (non-hydrogen) atoms. The van der Waals surface area contributed by atoms with Gasteiger partial charge >= 0.3 is 6.09 Å². The Morgan fingerprint density at radius 3 is 2.53 bits per heavy atom. The Kier molecular flexibility index (Phi) is 4.17. The minimum absolute atomic E-state index is 0.0683. The topological polar surface area (TPSA) is 52.3 Å².